The Morgan fingerprint density at radius 2 is 0.645 bits per heavy atom. The van der Waals surface area contributed by atoms with Gasteiger partial charge in [-0.15, -0.1) is 0 Å². The summed E-state index contributed by atoms with van der Waals surface area (Å²) in [6.07, 6.45) is 0. The van der Waals surface area contributed by atoms with Crippen LogP contribution in [-0.4, -0.2) is 24.1 Å². The first-order chi connectivity index (χ1) is 37.6. The average molecular weight is 969 g/mol. The molecule has 0 radical (unpaired) electrons. The van der Waals surface area contributed by atoms with Gasteiger partial charge in [-0.1, -0.05) is 206 Å². The van der Waals surface area contributed by atoms with Crippen molar-refractivity contribution in [3.05, 3.63) is 272 Å². The number of nitriles is 1. The van der Waals surface area contributed by atoms with Gasteiger partial charge in [0.15, 0.2) is 17.5 Å². The Morgan fingerprint density at radius 1 is 0.276 bits per heavy atom. The summed E-state index contributed by atoms with van der Waals surface area (Å²) in [5.74, 6) is 1.73. The molecule has 0 spiro atoms. The molecule has 354 valence electrons. The first-order valence-corrected chi connectivity index (χ1v) is 25.5. The van der Waals surface area contributed by atoms with Gasteiger partial charge in [0, 0.05) is 55.0 Å². The lowest BCUT2D eigenvalue weighted by atomic mass is 9.91. The number of para-hydroxylation sites is 2. The van der Waals surface area contributed by atoms with Crippen LogP contribution < -0.4 is 0 Å². The van der Waals surface area contributed by atoms with E-state index in [1.165, 1.54) is 10.8 Å². The van der Waals surface area contributed by atoms with Crippen molar-refractivity contribution in [2.45, 2.75) is 0 Å². The van der Waals surface area contributed by atoms with Crippen LogP contribution in [0.5, 0.6) is 0 Å². The largest absolute Gasteiger partial charge is 0.309 e. The third-order valence-corrected chi connectivity index (χ3v) is 14.6. The Balaban J connectivity index is 1.08. The molecule has 0 saturated carbocycles. The molecule has 0 aliphatic rings. The van der Waals surface area contributed by atoms with Gasteiger partial charge in [-0.3, -0.25) is 0 Å². The fraction of sp³-hybridized carbons (Fsp3) is 0. The third-order valence-electron chi connectivity index (χ3n) is 14.6. The van der Waals surface area contributed by atoms with E-state index in [4.69, 9.17) is 15.0 Å². The molecule has 76 heavy (non-hydrogen) atoms. The van der Waals surface area contributed by atoms with Crippen LogP contribution in [0, 0.1) is 11.3 Å². The average Bonchev–Trinajstić information content (AvgIpc) is 4.02. The van der Waals surface area contributed by atoms with Crippen molar-refractivity contribution in [1.29, 1.82) is 5.26 Å². The van der Waals surface area contributed by atoms with Crippen molar-refractivity contribution in [3.8, 4) is 96.1 Å². The summed E-state index contributed by atoms with van der Waals surface area (Å²) >= 11 is 0. The van der Waals surface area contributed by atoms with E-state index >= 15 is 0 Å². The highest BCUT2D eigenvalue weighted by atomic mass is 15.0. The number of benzene rings is 11. The van der Waals surface area contributed by atoms with Crippen LogP contribution in [0.2, 0.25) is 0 Å². The highest BCUT2D eigenvalue weighted by Crippen LogP contribution is 2.45. The zero-order chi connectivity index (χ0) is 50.5. The summed E-state index contributed by atoms with van der Waals surface area (Å²) in [5, 5.41) is 14.9. The lowest BCUT2D eigenvalue weighted by Crippen LogP contribution is -2.04. The second-order valence-electron chi connectivity index (χ2n) is 19.1. The molecule has 14 rings (SSSR count). The van der Waals surface area contributed by atoms with Gasteiger partial charge in [-0.05, 0) is 94.0 Å². The SMILES string of the molecule is N#Cc1ccc2c(c1)c1cc(-n3c4ccccc4c4ccccc43)ccc1n2-c1c(-c2ccc(-c3ccccc3)cc2)cc(-c2nc(-c3ccccc3)nc(-c3ccccc3)n2)cc1-c1ccc(-c2ccccc2)cc1. The molecule has 6 nitrogen and oxygen atoms in total. The smallest absolute Gasteiger partial charge is 0.164 e. The number of hydrogen-bond acceptors (Lipinski definition) is 4. The Labute approximate surface area is 439 Å². The predicted molar refractivity (Wildman–Crippen MR) is 311 cm³/mol. The van der Waals surface area contributed by atoms with Gasteiger partial charge >= 0.3 is 0 Å². The van der Waals surface area contributed by atoms with Gasteiger partial charge in [0.05, 0.1) is 39.4 Å². The maximum absolute atomic E-state index is 10.5. The van der Waals surface area contributed by atoms with Crippen LogP contribution >= 0.6 is 0 Å². The third kappa shape index (κ3) is 7.70. The predicted octanol–water partition coefficient (Wildman–Crippen LogP) is 17.6. The summed E-state index contributed by atoms with van der Waals surface area (Å²) in [4.78, 5) is 15.7. The minimum atomic E-state index is 0.556. The van der Waals surface area contributed by atoms with Gasteiger partial charge in [-0.25, -0.2) is 15.0 Å². The monoisotopic (exact) mass is 968 g/mol. The summed E-state index contributed by atoms with van der Waals surface area (Å²) in [6, 6.07) is 96.1. The molecule has 0 saturated heterocycles. The van der Waals surface area contributed by atoms with E-state index in [-0.39, 0.29) is 0 Å². The first kappa shape index (κ1) is 44.2. The fourth-order valence-electron chi connectivity index (χ4n) is 11.0. The Hall–Kier alpha value is -10.5. The van der Waals surface area contributed by atoms with Gasteiger partial charge < -0.3 is 9.13 Å². The van der Waals surface area contributed by atoms with Gasteiger partial charge in [0.1, 0.15) is 0 Å². The molecule has 0 unspecified atom stereocenters. The molecular weight excluding hydrogens is 925 g/mol. The normalized spacial score (nSPS) is 11.4. The lowest BCUT2D eigenvalue weighted by molar-refractivity contribution is 1.07. The highest BCUT2D eigenvalue weighted by molar-refractivity contribution is 6.13. The summed E-state index contributed by atoms with van der Waals surface area (Å²) in [6.45, 7) is 0. The number of hydrogen-bond donors (Lipinski definition) is 0. The Bertz CT molecular complexity index is 4320. The summed E-state index contributed by atoms with van der Waals surface area (Å²) < 4.78 is 4.77. The molecule has 0 bridgehead atoms. The van der Waals surface area contributed by atoms with Gasteiger partial charge in [0.25, 0.3) is 0 Å². The minimum absolute atomic E-state index is 0.556. The molecule has 0 N–H and O–H groups in total. The minimum Gasteiger partial charge on any atom is -0.309 e. The fourth-order valence-corrected chi connectivity index (χ4v) is 11.0. The topological polar surface area (TPSA) is 72.3 Å². The van der Waals surface area contributed by atoms with Gasteiger partial charge in [0.2, 0.25) is 0 Å². The van der Waals surface area contributed by atoms with E-state index in [0.29, 0.717) is 23.0 Å². The quantitative estimate of drug-likeness (QED) is 0.144. The van der Waals surface area contributed by atoms with Crippen LogP contribution in [0.25, 0.3) is 134 Å². The molecule has 0 atom stereocenters. The van der Waals surface area contributed by atoms with Crippen molar-refractivity contribution in [3.63, 3.8) is 0 Å². The Morgan fingerprint density at radius 3 is 1.12 bits per heavy atom. The molecule has 0 aliphatic heterocycles. The molecular formula is C70H44N6. The number of rotatable bonds is 9. The van der Waals surface area contributed by atoms with Crippen LogP contribution in [-0.2, 0) is 0 Å². The van der Waals surface area contributed by atoms with Crippen LogP contribution in [0.1, 0.15) is 5.56 Å². The second-order valence-corrected chi connectivity index (χ2v) is 19.1. The molecule has 3 heterocycles. The maximum Gasteiger partial charge on any atom is 0.164 e. The second kappa shape index (κ2) is 18.5. The molecule has 6 heteroatoms. The van der Waals surface area contributed by atoms with Crippen molar-refractivity contribution >= 4 is 43.6 Å². The lowest BCUT2D eigenvalue weighted by Gasteiger charge is -2.21. The summed E-state index contributed by atoms with van der Waals surface area (Å²) in [7, 11) is 0. The Kier molecular flexibility index (Phi) is 10.8. The van der Waals surface area contributed by atoms with E-state index < -0.39 is 0 Å². The summed E-state index contributed by atoms with van der Waals surface area (Å²) in [5.41, 5.74) is 18.0. The van der Waals surface area contributed by atoms with E-state index in [9.17, 15) is 5.26 Å². The van der Waals surface area contributed by atoms with E-state index in [2.05, 4.69) is 197 Å². The van der Waals surface area contributed by atoms with Gasteiger partial charge in [-0.2, -0.15) is 5.26 Å². The van der Waals surface area contributed by atoms with Crippen LogP contribution in [0.15, 0.2) is 267 Å². The van der Waals surface area contributed by atoms with E-state index in [1.54, 1.807) is 0 Å². The van der Waals surface area contributed by atoms with E-state index in [1.807, 2.05) is 84.9 Å². The number of fused-ring (bicyclic) bond motifs is 6. The molecule has 0 fully saturated rings. The van der Waals surface area contributed by atoms with Crippen LogP contribution in [0.3, 0.4) is 0 Å². The van der Waals surface area contributed by atoms with Crippen molar-refractivity contribution in [1.82, 2.24) is 24.1 Å². The molecule has 14 aromatic rings. The molecule has 0 aliphatic carbocycles. The van der Waals surface area contributed by atoms with Crippen LogP contribution in [0.4, 0.5) is 0 Å². The molecule has 3 aromatic heterocycles. The first-order valence-electron chi connectivity index (χ1n) is 25.5. The standard InChI is InChI=1S/C70H44N6/c71-45-46-29-39-65-61(41-46)62-44-56(75-63-27-15-13-25-57(63)58-26-14-16-28-64(58)75)38-40-66(62)76(65)67-59(51-34-30-49(31-35-51)47-17-5-1-6-18-47)42-55(43-60(67)52-36-32-50(33-37-52)48-19-7-2-8-20-48)70-73-68(53-21-9-3-10-22-53)72-69(74-70)54-23-11-4-12-24-54/h1-44H. The highest BCUT2D eigenvalue weighted by Gasteiger charge is 2.25. The van der Waals surface area contributed by atoms with E-state index in [0.717, 1.165) is 105 Å². The number of aromatic nitrogens is 5. The molecule has 11 aromatic carbocycles. The number of nitrogens with zero attached hydrogens (tertiary/aromatic N) is 6. The van der Waals surface area contributed by atoms with Crippen molar-refractivity contribution in [2.75, 3.05) is 0 Å². The maximum atomic E-state index is 10.5. The van der Waals surface area contributed by atoms with Crippen molar-refractivity contribution in [2.24, 2.45) is 0 Å². The zero-order valence-electron chi connectivity index (χ0n) is 41.1. The van der Waals surface area contributed by atoms with Crippen molar-refractivity contribution < 1.29 is 0 Å². The molecule has 0 amide bonds. The zero-order valence-corrected chi connectivity index (χ0v) is 41.1.